The molecule has 1 N–H and O–H groups in total. The second kappa shape index (κ2) is 9.08. The van der Waals surface area contributed by atoms with Crippen molar-refractivity contribution in [2.45, 2.75) is 6.92 Å². The van der Waals surface area contributed by atoms with Crippen molar-refractivity contribution in [2.24, 2.45) is 0 Å². The van der Waals surface area contributed by atoms with E-state index in [0.29, 0.717) is 5.30 Å². The minimum absolute atomic E-state index is 0.148. The zero-order chi connectivity index (χ0) is 14.3. The summed E-state index contributed by atoms with van der Waals surface area (Å²) in [5.41, 5.74) is 0.918. The Bertz CT molecular complexity index is 520. The number of para-hydroxylation sites is 1. The summed E-state index contributed by atoms with van der Waals surface area (Å²) < 4.78 is 13.6. The van der Waals surface area contributed by atoms with E-state index in [2.05, 4.69) is 0 Å². The second-order valence-corrected chi connectivity index (χ2v) is 8.67. The van der Waals surface area contributed by atoms with Crippen molar-refractivity contribution in [3.63, 3.8) is 0 Å². The van der Waals surface area contributed by atoms with Crippen molar-refractivity contribution < 1.29 is 30.3 Å². The van der Waals surface area contributed by atoms with Crippen LogP contribution >= 0.6 is 25.6 Å². The summed E-state index contributed by atoms with van der Waals surface area (Å²) in [7, 11) is 10.0. The van der Waals surface area contributed by atoms with E-state index in [0.717, 1.165) is 10.9 Å². The van der Waals surface area contributed by atoms with Gasteiger partial charge in [-0.3, -0.25) is 0 Å². The molecule has 1 unspecified atom stereocenters. The maximum atomic E-state index is 13.6. The van der Waals surface area contributed by atoms with Gasteiger partial charge in [0.15, 0.2) is 0 Å². The molecular formula is C13H12Cl2FOPZr. The first-order valence-electron chi connectivity index (χ1n) is 5.36. The Morgan fingerprint density at radius 3 is 2.32 bits per heavy atom. The van der Waals surface area contributed by atoms with Crippen LogP contribution in [0.1, 0.15) is 5.56 Å². The molecule has 0 aromatic heterocycles. The van der Waals surface area contributed by atoms with Gasteiger partial charge in [-0.1, -0.05) is 38.9 Å². The summed E-state index contributed by atoms with van der Waals surface area (Å²) in [5.74, 6) is 0.0186. The third-order valence-electron chi connectivity index (χ3n) is 2.39. The van der Waals surface area contributed by atoms with Crippen LogP contribution < -0.4 is 10.6 Å². The molecule has 2 aromatic carbocycles. The Labute approximate surface area is 132 Å². The average Bonchev–Trinajstić information content (AvgIpc) is 2.37. The molecule has 0 radical (unpaired) electrons. The van der Waals surface area contributed by atoms with Crippen molar-refractivity contribution in [3.8, 4) is 5.75 Å². The molecular weight excluding hydrogens is 384 g/mol. The summed E-state index contributed by atoms with van der Waals surface area (Å²) >= 11 is -0.826. The summed E-state index contributed by atoms with van der Waals surface area (Å²) in [6.45, 7) is 1.88. The first-order valence-corrected chi connectivity index (χ1v) is 12.7. The third-order valence-corrected chi connectivity index (χ3v) is 3.96. The molecule has 1 atom stereocenters. The predicted molar refractivity (Wildman–Crippen MR) is 78.5 cm³/mol. The molecule has 0 fully saturated rings. The number of hydrogen-bond donors (Lipinski definition) is 1. The Kier molecular flexibility index (Phi) is 8.18. The Hall–Kier alpha value is 0.0631. The van der Waals surface area contributed by atoms with E-state index in [1.165, 1.54) is 6.07 Å². The van der Waals surface area contributed by atoms with Crippen LogP contribution in [-0.2, 0) is 20.8 Å². The van der Waals surface area contributed by atoms with Crippen LogP contribution in [0.15, 0.2) is 42.5 Å². The van der Waals surface area contributed by atoms with Gasteiger partial charge in [-0.05, 0) is 24.6 Å². The normalized spacial score (nSPS) is 10.1. The number of hydrogen-bond acceptors (Lipinski definition) is 1. The molecule has 0 aliphatic carbocycles. The van der Waals surface area contributed by atoms with Crippen LogP contribution in [0.4, 0.5) is 4.39 Å². The molecule has 100 valence electrons. The summed E-state index contributed by atoms with van der Waals surface area (Å²) in [5, 5.41) is 11.1. The van der Waals surface area contributed by atoms with E-state index < -0.39 is 20.8 Å². The first-order chi connectivity index (χ1) is 9.10. The van der Waals surface area contributed by atoms with Gasteiger partial charge in [-0.25, -0.2) is 4.39 Å². The van der Waals surface area contributed by atoms with Crippen LogP contribution in [0.5, 0.6) is 5.75 Å². The monoisotopic (exact) mass is 394 g/mol. The fourth-order valence-electron chi connectivity index (χ4n) is 1.50. The molecule has 19 heavy (non-hydrogen) atoms. The fraction of sp³-hybridized carbons (Fsp3) is 0.0769. The van der Waals surface area contributed by atoms with Crippen molar-refractivity contribution in [2.75, 3.05) is 0 Å². The first kappa shape index (κ1) is 17.1. The zero-order valence-electron chi connectivity index (χ0n) is 10.1. The molecule has 0 aliphatic rings. The van der Waals surface area contributed by atoms with Crippen LogP contribution in [0.2, 0.25) is 0 Å². The molecule has 2 aromatic rings. The number of phenols is 1. The van der Waals surface area contributed by atoms with E-state index in [4.69, 9.17) is 17.0 Å². The Morgan fingerprint density at radius 2 is 1.74 bits per heavy atom. The maximum absolute atomic E-state index is 13.6. The molecule has 0 heterocycles. The molecule has 0 spiro atoms. The van der Waals surface area contributed by atoms with Gasteiger partial charge in [0.2, 0.25) is 0 Å². The van der Waals surface area contributed by atoms with Gasteiger partial charge < -0.3 is 5.11 Å². The van der Waals surface area contributed by atoms with Crippen molar-refractivity contribution >= 4 is 36.2 Å². The van der Waals surface area contributed by atoms with E-state index in [9.17, 15) is 9.50 Å². The number of benzene rings is 2. The topological polar surface area (TPSA) is 20.2 Å². The van der Waals surface area contributed by atoms with Gasteiger partial charge >= 0.3 is 37.9 Å². The number of phenolic OH excluding ortho intramolecular Hbond substituents is 1. The number of rotatable bonds is 2. The van der Waals surface area contributed by atoms with Crippen LogP contribution in [0.25, 0.3) is 0 Å². The number of halogens is 3. The van der Waals surface area contributed by atoms with Gasteiger partial charge in [-0.15, -0.1) is 0 Å². The van der Waals surface area contributed by atoms with E-state index in [-0.39, 0.29) is 20.1 Å². The van der Waals surface area contributed by atoms with Crippen molar-refractivity contribution in [1.29, 1.82) is 0 Å². The molecule has 0 amide bonds. The quantitative estimate of drug-likeness (QED) is 0.765. The van der Waals surface area contributed by atoms with Gasteiger partial charge in [0.1, 0.15) is 11.6 Å². The molecule has 0 aliphatic heterocycles. The molecule has 2 rings (SSSR count). The Morgan fingerprint density at radius 1 is 1.11 bits per heavy atom. The predicted octanol–water partition coefficient (Wildman–Crippen LogP) is 3.85. The Balaban J connectivity index is 0.000000550. The van der Waals surface area contributed by atoms with Crippen molar-refractivity contribution in [1.82, 2.24) is 0 Å². The van der Waals surface area contributed by atoms with Crippen LogP contribution in [0.3, 0.4) is 0 Å². The van der Waals surface area contributed by atoms with Crippen LogP contribution in [0, 0.1) is 12.7 Å². The summed E-state index contributed by atoms with van der Waals surface area (Å²) in [6.07, 6.45) is 0. The minimum atomic E-state index is -0.826. The third kappa shape index (κ3) is 5.52. The second-order valence-electron chi connectivity index (χ2n) is 3.65. The van der Waals surface area contributed by atoms with Crippen molar-refractivity contribution in [3.05, 3.63) is 53.8 Å². The molecule has 0 saturated carbocycles. The standard InChI is InChI=1S/C13H12FOP.2ClH.Zr/c1-9-5-4-6-10(14)13(9)16-12-8-3-2-7-11(12)15;;;/h2-8,15-16H,1H3;2*1H;/q;;;+2/p-2. The number of aryl methyl sites for hydroxylation is 1. The summed E-state index contributed by atoms with van der Waals surface area (Å²) in [4.78, 5) is 0. The van der Waals surface area contributed by atoms with Gasteiger partial charge in [0, 0.05) is 10.6 Å². The van der Waals surface area contributed by atoms with E-state index >= 15 is 0 Å². The summed E-state index contributed by atoms with van der Waals surface area (Å²) in [6, 6.07) is 12.1. The van der Waals surface area contributed by atoms with Gasteiger partial charge in [-0.2, -0.15) is 0 Å². The SMILES string of the molecule is Cc1cccc(F)c1Pc1ccccc1O.[Cl][Zr][Cl]. The molecule has 1 nitrogen and oxygen atoms in total. The fourth-order valence-corrected chi connectivity index (χ4v) is 2.65. The van der Waals surface area contributed by atoms with Gasteiger partial charge in [0.05, 0.1) is 0 Å². The molecule has 6 heteroatoms. The zero-order valence-corrected chi connectivity index (χ0v) is 15.1. The average molecular weight is 396 g/mol. The number of aromatic hydroxyl groups is 1. The van der Waals surface area contributed by atoms with E-state index in [1.54, 1.807) is 18.2 Å². The van der Waals surface area contributed by atoms with Gasteiger partial charge in [0.25, 0.3) is 0 Å². The molecule has 0 bridgehead atoms. The van der Waals surface area contributed by atoms with Crippen LogP contribution in [-0.4, -0.2) is 5.11 Å². The molecule has 0 saturated heterocycles. The van der Waals surface area contributed by atoms with E-state index in [1.807, 2.05) is 25.1 Å².